The Hall–Kier alpha value is 0.136. The van der Waals surface area contributed by atoms with E-state index in [1.165, 1.54) is 0 Å². The first-order valence-corrected chi connectivity index (χ1v) is 16.6. The summed E-state index contributed by atoms with van der Waals surface area (Å²) < 4.78 is 38.5. The van der Waals surface area contributed by atoms with Gasteiger partial charge in [-0.15, -0.1) is 0 Å². The predicted molar refractivity (Wildman–Crippen MR) is 83.3 cm³/mol. The Kier molecular flexibility index (Phi) is 6.10. The molecule has 0 spiro atoms. The molecule has 17 heteroatoms. The summed E-state index contributed by atoms with van der Waals surface area (Å²) in [6, 6.07) is 0. The number of aliphatic carboxylic acids is 2. The molecular weight excluding hydrogens is 628 g/mol. The molecule has 0 amide bonds. The first-order chi connectivity index (χ1) is 13.6. The van der Waals surface area contributed by atoms with Crippen molar-refractivity contribution in [3.8, 4) is 0 Å². The second kappa shape index (κ2) is 7.92. The van der Waals surface area contributed by atoms with Crippen LogP contribution in [0.3, 0.4) is 0 Å². The Labute approximate surface area is 174 Å². The van der Waals surface area contributed by atoms with E-state index >= 15 is 0 Å². The molecule has 0 aromatic heterocycles. The minimum atomic E-state index is -5.13. The van der Waals surface area contributed by atoms with Crippen LogP contribution in [0, 0.1) is 0 Å². The number of aliphatic hydroxyl groups excluding tert-OH is 4. The van der Waals surface area contributed by atoms with Crippen LogP contribution in [0.1, 0.15) is 0 Å². The molecule has 2 radical (unpaired) electrons. The van der Waals surface area contributed by atoms with Gasteiger partial charge in [-0.3, -0.25) is 0 Å². The average molecular weight is 646 g/mol. The molecule has 4 rings (SSSR count). The maximum absolute atomic E-state index is 11.5. The zero-order chi connectivity index (χ0) is 21.1. The fraction of sp³-hybridized carbons (Fsp3) is 0.833. The van der Waals surface area contributed by atoms with Crippen LogP contribution in [0.2, 0.25) is 0 Å². The van der Waals surface area contributed by atoms with Crippen molar-refractivity contribution in [2.45, 2.75) is 48.8 Å². The zero-order valence-corrected chi connectivity index (χ0v) is 19.4. The Morgan fingerprint density at radius 2 is 1.14 bits per heavy atom. The number of rotatable bonds is 8. The summed E-state index contributed by atoms with van der Waals surface area (Å²) in [5.41, 5.74) is 0. The molecule has 6 N–H and O–H groups in total. The first kappa shape index (κ1) is 22.3. The summed E-state index contributed by atoms with van der Waals surface area (Å²) in [4.78, 5) is 22.9. The number of hydrogen-bond acceptors (Lipinski definition) is 13. The summed E-state index contributed by atoms with van der Waals surface area (Å²) in [5, 5.41) is 56.8. The second-order valence-corrected chi connectivity index (χ2v) is 18.8. The van der Waals surface area contributed by atoms with E-state index in [4.69, 9.17) is 29.6 Å². The van der Waals surface area contributed by atoms with Crippen molar-refractivity contribution in [3.05, 3.63) is 0 Å². The average Bonchev–Trinajstić information content (AvgIpc) is 3.42. The van der Waals surface area contributed by atoms with E-state index in [2.05, 4.69) is 0 Å². The molecule has 0 aliphatic carbocycles. The molecule has 4 saturated heterocycles. The molecule has 4 unspecified atom stereocenters. The fourth-order valence-electron chi connectivity index (χ4n) is 3.23. The molecular formula is C12H18O15Sb2. The summed E-state index contributed by atoms with van der Waals surface area (Å²) in [6.07, 6.45) is -11.2. The number of carboxylic acids is 2. The van der Waals surface area contributed by atoms with Crippen LogP contribution >= 0.6 is 0 Å². The van der Waals surface area contributed by atoms with Gasteiger partial charge in [0.15, 0.2) is 0 Å². The molecule has 0 aromatic rings. The molecule has 4 heterocycles. The van der Waals surface area contributed by atoms with Gasteiger partial charge in [-0.1, -0.05) is 0 Å². The second-order valence-electron chi connectivity index (χ2n) is 6.48. The van der Waals surface area contributed by atoms with Crippen LogP contribution in [-0.4, -0.2) is 146 Å². The fourth-order valence-corrected chi connectivity index (χ4v) is 23.5. The van der Waals surface area contributed by atoms with Crippen LogP contribution < -0.4 is 0 Å². The molecule has 15 nitrogen and oxygen atoms in total. The summed E-state index contributed by atoms with van der Waals surface area (Å²) >= 11 is -10.3. The minimum absolute atomic E-state index is 0.748. The van der Waals surface area contributed by atoms with E-state index in [0.29, 0.717) is 0 Å². The Morgan fingerprint density at radius 1 is 0.759 bits per heavy atom. The van der Waals surface area contributed by atoms with Crippen LogP contribution in [0.25, 0.3) is 0 Å². The SMILES string of the molecule is O=C(O)[C@@H]1[O][Sb]2([O][Sb]34[O][C@@H]([C@@H](C(O)CO)[O]3)[C@H](C(=O)O)[O]4)[O][C@H]1[C@@H](C(O)CO)[O]2. The molecule has 4 fully saturated rings. The Balaban J connectivity index is 1.59. The quantitative estimate of drug-likeness (QED) is 0.136. The van der Waals surface area contributed by atoms with Crippen LogP contribution in [0.4, 0.5) is 0 Å². The third-order valence-corrected chi connectivity index (χ3v) is 21.8. The number of fused-ring (bicyclic) bond motifs is 4. The number of carboxylic acid groups (broad SMARTS) is 2. The summed E-state index contributed by atoms with van der Waals surface area (Å²) in [7, 11) is 0. The third kappa shape index (κ3) is 3.69. The molecule has 166 valence electrons. The Bertz CT molecular complexity index is 638. The van der Waals surface area contributed by atoms with Crippen molar-refractivity contribution in [2.75, 3.05) is 13.2 Å². The summed E-state index contributed by atoms with van der Waals surface area (Å²) in [6.45, 7) is -1.50. The van der Waals surface area contributed by atoms with Crippen molar-refractivity contribution in [1.29, 1.82) is 0 Å². The van der Waals surface area contributed by atoms with Gasteiger partial charge in [0, 0.05) is 0 Å². The van der Waals surface area contributed by atoms with Crippen LogP contribution in [0.5, 0.6) is 0 Å². The van der Waals surface area contributed by atoms with Gasteiger partial charge in [0.2, 0.25) is 0 Å². The van der Waals surface area contributed by atoms with E-state index in [9.17, 15) is 30.0 Å². The first-order valence-electron chi connectivity index (χ1n) is 8.27. The Morgan fingerprint density at radius 3 is 1.45 bits per heavy atom. The normalized spacial score (nSPS) is 47.4. The zero-order valence-electron chi connectivity index (χ0n) is 14.3. The van der Waals surface area contributed by atoms with Crippen LogP contribution in [-0.2, 0) is 29.0 Å². The van der Waals surface area contributed by atoms with E-state index in [0.717, 1.165) is 0 Å². The standard InChI is InChI=1S/2C6H9O7.O.2Sb/c2*7-1-2(8)3(9)4(10)5(11)6(12)13;;;/h2*2-5,7-8H,1H2,(H,12,13);;;/q2*-3;;2*+3/t2*2?,3-,4+,5-;;;/m11.../s1. The molecule has 4 aliphatic heterocycles. The van der Waals surface area contributed by atoms with Gasteiger partial charge in [-0.2, -0.15) is 0 Å². The van der Waals surface area contributed by atoms with E-state index in [-0.39, 0.29) is 0 Å². The summed E-state index contributed by atoms with van der Waals surface area (Å²) in [5.74, 6) is -2.84. The molecule has 0 saturated carbocycles. The monoisotopic (exact) mass is 644 g/mol. The van der Waals surface area contributed by atoms with Gasteiger partial charge in [0.25, 0.3) is 0 Å². The molecule has 10 atom stereocenters. The van der Waals surface area contributed by atoms with E-state index < -0.39 is 115 Å². The van der Waals surface area contributed by atoms with Crippen molar-refractivity contribution >= 4 is 52.9 Å². The molecule has 29 heavy (non-hydrogen) atoms. The van der Waals surface area contributed by atoms with Gasteiger partial charge in [0.1, 0.15) is 0 Å². The van der Waals surface area contributed by atoms with Crippen molar-refractivity contribution in [3.63, 3.8) is 0 Å². The molecule has 0 aromatic carbocycles. The van der Waals surface area contributed by atoms with Gasteiger partial charge in [0.05, 0.1) is 0 Å². The van der Waals surface area contributed by atoms with Gasteiger partial charge in [-0.25, -0.2) is 0 Å². The molecule has 4 aliphatic rings. The van der Waals surface area contributed by atoms with Gasteiger partial charge in [-0.05, 0) is 0 Å². The number of aliphatic hydroxyl groups is 4. The predicted octanol–water partition coefficient (Wildman–Crippen LogP) is -4.88. The number of hydrogen-bond donors (Lipinski definition) is 6. The third-order valence-electron chi connectivity index (χ3n) is 4.55. The van der Waals surface area contributed by atoms with E-state index in [1.807, 2.05) is 0 Å². The van der Waals surface area contributed by atoms with Crippen LogP contribution in [0.15, 0.2) is 0 Å². The van der Waals surface area contributed by atoms with Gasteiger partial charge < -0.3 is 0 Å². The topological polar surface area (TPSA) is 220 Å². The van der Waals surface area contributed by atoms with E-state index in [1.54, 1.807) is 0 Å². The van der Waals surface area contributed by atoms with Crippen molar-refractivity contribution < 1.29 is 59.6 Å². The van der Waals surface area contributed by atoms with Crippen molar-refractivity contribution in [1.82, 2.24) is 0 Å². The van der Waals surface area contributed by atoms with Gasteiger partial charge >= 0.3 is 175 Å². The number of carbonyl (C=O) groups is 2. The van der Waals surface area contributed by atoms with Crippen molar-refractivity contribution in [2.24, 2.45) is 0 Å². The maximum atomic E-state index is 11.5. The molecule has 4 bridgehead atoms.